The van der Waals surface area contributed by atoms with Gasteiger partial charge in [0.25, 0.3) is 5.91 Å². The summed E-state index contributed by atoms with van der Waals surface area (Å²) >= 11 is 15.2. The fourth-order valence-electron chi connectivity index (χ4n) is 2.16. The van der Waals surface area contributed by atoms with Gasteiger partial charge in [-0.2, -0.15) is 0 Å². The summed E-state index contributed by atoms with van der Waals surface area (Å²) in [6, 6.07) is 8.68. The lowest BCUT2D eigenvalue weighted by Gasteiger charge is -2.03. The first-order valence-corrected chi connectivity index (χ1v) is 7.52. The monoisotopic (exact) mass is 383 g/mol. The summed E-state index contributed by atoms with van der Waals surface area (Å²) in [7, 11) is 0. The highest BCUT2D eigenvalue weighted by molar-refractivity contribution is 9.10. The van der Waals surface area contributed by atoms with Gasteiger partial charge in [0.05, 0.1) is 15.7 Å². The average molecular weight is 385 g/mol. The number of hydrogen-bond acceptors (Lipinski definition) is 2. The zero-order valence-electron chi connectivity index (χ0n) is 10.5. The van der Waals surface area contributed by atoms with Crippen molar-refractivity contribution < 1.29 is 9.90 Å². The van der Waals surface area contributed by atoms with E-state index in [2.05, 4.69) is 21.2 Å². The lowest BCUT2D eigenvalue weighted by Crippen LogP contribution is -2.03. The molecule has 0 aromatic heterocycles. The van der Waals surface area contributed by atoms with Crippen LogP contribution in [-0.4, -0.2) is 11.0 Å². The molecule has 106 valence electrons. The predicted octanol–water partition coefficient (Wildman–Crippen LogP) is 4.95. The molecule has 3 rings (SSSR count). The van der Waals surface area contributed by atoms with Crippen LogP contribution in [0.15, 0.2) is 34.8 Å². The Morgan fingerprint density at radius 1 is 1.19 bits per heavy atom. The molecule has 6 heteroatoms. The van der Waals surface area contributed by atoms with Gasteiger partial charge in [-0.25, -0.2) is 0 Å². The number of carbonyl (C=O) groups excluding carboxylic acids is 1. The maximum Gasteiger partial charge on any atom is 0.256 e. The third-order valence-electron chi connectivity index (χ3n) is 3.14. The van der Waals surface area contributed by atoms with Crippen LogP contribution in [0.5, 0.6) is 5.75 Å². The molecule has 2 aromatic rings. The van der Waals surface area contributed by atoms with Crippen LogP contribution in [0.25, 0.3) is 11.6 Å². The molecule has 0 fully saturated rings. The molecule has 0 spiro atoms. The Morgan fingerprint density at radius 2 is 1.86 bits per heavy atom. The summed E-state index contributed by atoms with van der Waals surface area (Å²) in [5, 5.41) is 12.7. The van der Waals surface area contributed by atoms with Gasteiger partial charge in [-0.05, 0) is 45.8 Å². The van der Waals surface area contributed by atoms with Crippen LogP contribution in [0, 0.1) is 0 Å². The normalized spacial score (nSPS) is 15.2. The van der Waals surface area contributed by atoms with Gasteiger partial charge >= 0.3 is 0 Å². The van der Waals surface area contributed by atoms with E-state index in [0.717, 1.165) is 15.7 Å². The van der Waals surface area contributed by atoms with Crippen LogP contribution in [0.4, 0.5) is 5.69 Å². The molecule has 0 saturated heterocycles. The second kappa shape index (κ2) is 5.37. The molecule has 1 aliphatic rings. The predicted molar refractivity (Wildman–Crippen MR) is 88.8 cm³/mol. The van der Waals surface area contributed by atoms with Crippen LogP contribution in [0.3, 0.4) is 0 Å². The smallest absolute Gasteiger partial charge is 0.256 e. The van der Waals surface area contributed by atoms with Crippen molar-refractivity contribution in [1.82, 2.24) is 0 Å². The zero-order chi connectivity index (χ0) is 15.1. The van der Waals surface area contributed by atoms with Crippen molar-refractivity contribution in [3.8, 4) is 5.75 Å². The van der Waals surface area contributed by atoms with E-state index in [9.17, 15) is 9.90 Å². The van der Waals surface area contributed by atoms with Crippen molar-refractivity contribution in [2.75, 3.05) is 5.32 Å². The number of anilines is 1. The number of halogens is 3. The van der Waals surface area contributed by atoms with E-state index in [4.69, 9.17) is 23.2 Å². The Kier molecular flexibility index (Phi) is 3.69. The molecular formula is C15H8BrCl2NO2. The Bertz CT molecular complexity index is 779. The van der Waals surface area contributed by atoms with Gasteiger partial charge in [0.1, 0.15) is 0 Å². The van der Waals surface area contributed by atoms with Crippen molar-refractivity contribution in [2.45, 2.75) is 0 Å². The maximum atomic E-state index is 12.1. The first-order valence-electron chi connectivity index (χ1n) is 5.97. The summed E-state index contributed by atoms with van der Waals surface area (Å²) in [6.45, 7) is 0. The highest BCUT2D eigenvalue weighted by Gasteiger charge is 2.25. The topological polar surface area (TPSA) is 49.3 Å². The molecule has 1 amide bonds. The first kappa shape index (κ1) is 14.4. The lowest BCUT2D eigenvalue weighted by atomic mass is 10.0. The number of hydrogen-bond donors (Lipinski definition) is 2. The van der Waals surface area contributed by atoms with Crippen LogP contribution in [0.1, 0.15) is 11.1 Å². The highest BCUT2D eigenvalue weighted by atomic mass is 79.9. The molecule has 1 aliphatic heterocycles. The largest absolute Gasteiger partial charge is 0.505 e. The standard InChI is InChI=1S/C15H8BrCl2NO2/c16-10-3-1-2-8-9(15(21)19-13(8)10)4-7-5-11(17)14(20)12(18)6-7/h1-6,20H,(H,19,21)/b9-4-. The Morgan fingerprint density at radius 3 is 2.52 bits per heavy atom. The summed E-state index contributed by atoms with van der Waals surface area (Å²) in [6.07, 6.45) is 1.69. The number of amides is 1. The second-order valence-electron chi connectivity index (χ2n) is 4.51. The highest BCUT2D eigenvalue weighted by Crippen LogP contribution is 2.39. The van der Waals surface area contributed by atoms with Crippen molar-refractivity contribution in [3.05, 3.63) is 56.0 Å². The van der Waals surface area contributed by atoms with Crippen molar-refractivity contribution in [2.24, 2.45) is 0 Å². The average Bonchev–Trinajstić information content (AvgIpc) is 2.75. The molecule has 2 aromatic carbocycles. The minimum atomic E-state index is -0.197. The van der Waals surface area contributed by atoms with Crippen molar-refractivity contribution in [3.63, 3.8) is 0 Å². The Balaban J connectivity index is 2.14. The molecule has 21 heavy (non-hydrogen) atoms. The van der Waals surface area contributed by atoms with E-state index in [0.29, 0.717) is 11.1 Å². The van der Waals surface area contributed by atoms with Crippen molar-refractivity contribution in [1.29, 1.82) is 0 Å². The number of phenols is 1. The van der Waals surface area contributed by atoms with Crippen LogP contribution >= 0.6 is 39.1 Å². The van der Waals surface area contributed by atoms with Crippen LogP contribution in [-0.2, 0) is 4.79 Å². The Hall–Kier alpha value is -1.49. The molecule has 1 heterocycles. The summed E-state index contributed by atoms with van der Waals surface area (Å²) in [5.41, 5.74) is 2.70. The van der Waals surface area contributed by atoms with E-state index < -0.39 is 0 Å². The van der Waals surface area contributed by atoms with Crippen molar-refractivity contribution >= 4 is 62.4 Å². The zero-order valence-corrected chi connectivity index (χ0v) is 13.6. The fourth-order valence-corrected chi connectivity index (χ4v) is 3.13. The number of para-hydroxylation sites is 1. The quantitative estimate of drug-likeness (QED) is 0.683. The van der Waals surface area contributed by atoms with Gasteiger partial charge in [-0.1, -0.05) is 35.3 Å². The van der Waals surface area contributed by atoms with Gasteiger partial charge in [0.2, 0.25) is 0 Å². The molecule has 0 aliphatic carbocycles. The van der Waals surface area contributed by atoms with E-state index in [1.165, 1.54) is 0 Å². The van der Waals surface area contributed by atoms with E-state index in [1.807, 2.05) is 18.2 Å². The second-order valence-corrected chi connectivity index (χ2v) is 6.18. The molecule has 0 saturated carbocycles. The molecule has 0 bridgehead atoms. The number of nitrogens with one attached hydrogen (secondary N) is 1. The van der Waals surface area contributed by atoms with Crippen LogP contribution in [0.2, 0.25) is 10.0 Å². The minimum Gasteiger partial charge on any atom is -0.505 e. The third kappa shape index (κ3) is 2.55. The molecule has 0 radical (unpaired) electrons. The molecular weight excluding hydrogens is 377 g/mol. The minimum absolute atomic E-state index is 0.141. The van der Waals surface area contributed by atoms with Crippen LogP contribution < -0.4 is 5.32 Å². The van der Waals surface area contributed by atoms with E-state index in [1.54, 1.807) is 18.2 Å². The third-order valence-corrected chi connectivity index (χ3v) is 4.37. The SMILES string of the molecule is O=C1Nc2c(Br)cccc2/C1=C/c1cc(Cl)c(O)c(Cl)c1. The lowest BCUT2D eigenvalue weighted by molar-refractivity contribution is -0.110. The van der Waals surface area contributed by atoms with Gasteiger partial charge in [-0.3, -0.25) is 4.79 Å². The van der Waals surface area contributed by atoms with Gasteiger partial charge < -0.3 is 10.4 Å². The summed E-state index contributed by atoms with van der Waals surface area (Å²) in [5.74, 6) is -0.364. The number of aromatic hydroxyl groups is 1. The van der Waals surface area contributed by atoms with E-state index in [-0.39, 0.29) is 21.7 Å². The van der Waals surface area contributed by atoms with Gasteiger partial charge in [-0.15, -0.1) is 0 Å². The van der Waals surface area contributed by atoms with E-state index >= 15 is 0 Å². The van der Waals surface area contributed by atoms with Gasteiger partial charge in [0, 0.05) is 15.6 Å². The Labute approximate surface area is 139 Å². The molecule has 0 unspecified atom stereocenters. The number of benzene rings is 2. The summed E-state index contributed by atoms with van der Waals surface area (Å²) in [4.78, 5) is 12.1. The summed E-state index contributed by atoms with van der Waals surface area (Å²) < 4.78 is 0.818. The number of rotatable bonds is 1. The number of phenolic OH excluding ortho intramolecular Hbond substituents is 1. The molecule has 0 atom stereocenters. The first-order chi connectivity index (χ1) is 9.97. The van der Waals surface area contributed by atoms with Gasteiger partial charge in [0.15, 0.2) is 5.75 Å². The fraction of sp³-hybridized carbons (Fsp3) is 0. The molecule has 2 N–H and O–H groups in total. The molecule has 3 nitrogen and oxygen atoms in total. The maximum absolute atomic E-state index is 12.1. The number of fused-ring (bicyclic) bond motifs is 1. The number of carbonyl (C=O) groups is 1.